The number of esters is 1. The molecule has 1 aromatic rings. The minimum Gasteiger partial charge on any atom is -0.507 e. The van der Waals surface area contributed by atoms with Crippen molar-refractivity contribution in [3.05, 3.63) is 94.7 Å². The van der Waals surface area contributed by atoms with E-state index in [1.807, 2.05) is 71.1 Å². The van der Waals surface area contributed by atoms with Crippen LogP contribution < -0.4 is 4.74 Å². The molecule has 3 N–H and O–H groups in total. The van der Waals surface area contributed by atoms with Gasteiger partial charge in [0.25, 0.3) is 11.7 Å². The second-order valence-corrected chi connectivity index (χ2v) is 27.9. The molecule has 16 heteroatoms. The summed E-state index contributed by atoms with van der Waals surface area (Å²) in [6.45, 7) is 27.4. The van der Waals surface area contributed by atoms with E-state index >= 15 is 0 Å². The Labute approximate surface area is 543 Å². The molecule has 1 saturated carbocycles. The number of hydrogen-bond donors (Lipinski definition) is 3. The van der Waals surface area contributed by atoms with Gasteiger partial charge in [-0.2, -0.15) is 0 Å². The average Bonchev–Trinajstić information content (AvgIpc) is 1.66. The number of ether oxygens (including phenoxy) is 6. The van der Waals surface area contributed by atoms with Gasteiger partial charge in [0.15, 0.2) is 0 Å². The number of piperidine rings is 1. The average molecular weight is 1270 g/mol. The zero-order valence-corrected chi connectivity index (χ0v) is 57.2. The Balaban J connectivity index is 1.16. The number of benzene rings is 1. The van der Waals surface area contributed by atoms with Crippen LogP contribution in [0.3, 0.4) is 0 Å². The summed E-state index contributed by atoms with van der Waals surface area (Å²) < 4.78 is 36.4. The van der Waals surface area contributed by atoms with E-state index in [4.69, 9.17) is 28.4 Å². The van der Waals surface area contributed by atoms with Crippen LogP contribution >= 0.6 is 0 Å². The molecule has 0 aromatic heterocycles. The van der Waals surface area contributed by atoms with Crippen molar-refractivity contribution in [2.24, 2.45) is 53.3 Å². The largest absolute Gasteiger partial charge is 0.513 e. The van der Waals surface area contributed by atoms with Crippen LogP contribution in [-0.2, 0) is 54.1 Å². The topological polar surface area (TPSA) is 222 Å². The number of nitrogens with zero attached hydrogens (tertiary/aromatic N) is 1. The molecule has 1 amide bonds. The molecule has 2 aliphatic carbocycles. The van der Waals surface area contributed by atoms with Gasteiger partial charge in [0.1, 0.15) is 41.8 Å². The van der Waals surface area contributed by atoms with E-state index in [-0.39, 0.29) is 103 Å². The smallest absolute Gasteiger partial charge is 0.507 e. The van der Waals surface area contributed by atoms with Crippen molar-refractivity contribution < 1.29 is 72.5 Å². The summed E-state index contributed by atoms with van der Waals surface area (Å²) in [6.07, 6.45) is 20.7. The Morgan fingerprint density at radius 1 is 0.879 bits per heavy atom. The maximum atomic E-state index is 14.7. The molecule has 16 nitrogen and oxygen atoms in total. The van der Waals surface area contributed by atoms with Crippen molar-refractivity contribution in [2.45, 2.75) is 247 Å². The second-order valence-electron chi connectivity index (χ2n) is 27.9. The molecule has 6 rings (SSSR count). The predicted octanol–water partition coefficient (Wildman–Crippen LogP) is 14.1. The number of phenols is 1. The van der Waals surface area contributed by atoms with Crippen LogP contribution in [0.5, 0.6) is 11.5 Å². The number of carbonyl (C=O) groups is 6. The maximum absolute atomic E-state index is 14.7. The number of aryl methyl sites for hydroxylation is 1. The standard InChI is InChI=1S/C75H111NO15/c1-15-16-18-25-57-30-34-64(67(70(57)80)60-39-47(5)27-32-59(60)45(2)3)90-74(84)88-37-36-87-63-33-29-56(41-50(63)8)42-51(9)66-44-62(77)49(7)40-53(11)69(79)55(13)68(78)52(10)38-46(4)23-19-17-20-24-48(6)65(86-14)43-58-31-28-54(12)75(85,91-58)71(81)72(82)76-35-22-21-26-61(76)73(83)89-66/h17,19-20,23-24,30,34,39-40,46,49-52,54-56,58-61,63,65-66,69,79-80,85H,2,15-16,18,21-22,25-29,31-33,35-38,41-44H2,1,3-14H3/b20-17+,23-19+,48-24+,53-40+/t46-,49-,50-,51-,52-,54-,55+,56-,58+,59?,60?,61+,63-,65+,66+,69-,75-/m1/s1. The number of cyclic esters (lactones) is 1. The molecule has 0 radical (unpaired) electrons. The number of carbonyl (C=O) groups excluding carboxylic acids is 6. The lowest BCUT2D eigenvalue weighted by Gasteiger charge is -2.42. The van der Waals surface area contributed by atoms with E-state index < -0.39 is 77.8 Å². The minimum atomic E-state index is -2.45. The number of ketones is 3. The van der Waals surface area contributed by atoms with Gasteiger partial charge in [0.05, 0.1) is 31.0 Å². The highest BCUT2D eigenvalue weighted by Gasteiger charge is 2.53. The molecule has 3 aliphatic heterocycles. The first-order valence-corrected chi connectivity index (χ1v) is 34.3. The van der Waals surface area contributed by atoms with Gasteiger partial charge < -0.3 is 48.6 Å². The van der Waals surface area contributed by atoms with E-state index in [9.17, 15) is 44.1 Å². The molecular weight excluding hydrogens is 1150 g/mol. The highest BCUT2D eigenvalue weighted by Crippen LogP contribution is 2.48. The third kappa shape index (κ3) is 20.2. The number of allylic oxidation sites excluding steroid dienone is 9. The van der Waals surface area contributed by atoms with Crippen LogP contribution in [0.4, 0.5) is 4.79 Å². The molecule has 3 heterocycles. The number of aromatic hydroxyl groups is 1. The van der Waals surface area contributed by atoms with E-state index in [1.54, 1.807) is 46.9 Å². The highest BCUT2D eigenvalue weighted by atomic mass is 16.7. The van der Waals surface area contributed by atoms with Crippen molar-refractivity contribution >= 4 is 35.4 Å². The summed E-state index contributed by atoms with van der Waals surface area (Å²) >= 11 is 0. The lowest BCUT2D eigenvalue weighted by atomic mass is 9.73. The Morgan fingerprint density at radius 2 is 1.63 bits per heavy atom. The number of phenolic OH excluding ortho intramolecular Hbond substituents is 1. The first-order valence-electron chi connectivity index (χ1n) is 34.3. The van der Waals surface area contributed by atoms with Gasteiger partial charge in [-0.25, -0.2) is 9.59 Å². The van der Waals surface area contributed by atoms with Gasteiger partial charge >= 0.3 is 12.1 Å². The molecule has 0 spiro atoms. The number of fused-ring (bicyclic) bond motifs is 3. The van der Waals surface area contributed by atoms with Crippen LogP contribution in [-0.4, -0.2) is 125 Å². The van der Waals surface area contributed by atoms with Crippen molar-refractivity contribution in [2.75, 3.05) is 26.9 Å². The first-order chi connectivity index (χ1) is 43.2. The molecule has 17 atom stereocenters. The first kappa shape index (κ1) is 74.5. The minimum absolute atomic E-state index is 0.0473. The Kier molecular flexibility index (Phi) is 28.8. The normalized spacial score (nSPS) is 34.7. The van der Waals surface area contributed by atoms with Crippen LogP contribution in [0.2, 0.25) is 0 Å². The van der Waals surface area contributed by atoms with Gasteiger partial charge in [-0.3, -0.25) is 19.2 Å². The number of aliphatic hydroxyl groups is 2. The summed E-state index contributed by atoms with van der Waals surface area (Å²) in [6, 6.07) is 2.43. The summed E-state index contributed by atoms with van der Waals surface area (Å²) in [4.78, 5) is 86.5. The predicted molar refractivity (Wildman–Crippen MR) is 353 cm³/mol. The number of aliphatic hydroxyl groups excluding tert-OH is 1. The Hall–Kier alpha value is -5.52. The van der Waals surface area contributed by atoms with Crippen molar-refractivity contribution in [1.82, 2.24) is 4.90 Å². The fourth-order valence-electron chi connectivity index (χ4n) is 14.6. The molecule has 5 aliphatic rings. The molecule has 2 bridgehead atoms. The third-order valence-electron chi connectivity index (χ3n) is 20.5. The van der Waals surface area contributed by atoms with Crippen LogP contribution in [0.15, 0.2) is 83.5 Å². The third-order valence-corrected chi connectivity index (χ3v) is 20.5. The van der Waals surface area contributed by atoms with E-state index in [1.165, 1.54) is 10.5 Å². The van der Waals surface area contributed by atoms with E-state index in [0.717, 1.165) is 61.7 Å². The number of hydrogen-bond acceptors (Lipinski definition) is 15. The Morgan fingerprint density at radius 3 is 2.33 bits per heavy atom. The zero-order chi connectivity index (χ0) is 66.9. The van der Waals surface area contributed by atoms with E-state index in [0.29, 0.717) is 68.9 Å². The molecule has 3 fully saturated rings. The monoisotopic (exact) mass is 1270 g/mol. The summed E-state index contributed by atoms with van der Waals surface area (Å²) in [5, 5.41) is 35.5. The number of rotatable bonds is 15. The van der Waals surface area contributed by atoms with Gasteiger partial charge in [0.2, 0.25) is 5.79 Å². The van der Waals surface area contributed by atoms with Gasteiger partial charge in [-0.15, -0.1) is 0 Å². The van der Waals surface area contributed by atoms with E-state index in [2.05, 4.69) is 33.4 Å². The maximum Gasteiger partial charge on any atom is 0.513 e. The number of unbranched alkanes of at least 4 members (excludes halogenated alkanes) is 2. The molecular formula is C75H111NO15. The van der Waals surface area contributed by atoms with Gasteiger partial charge in [0, 0.05) is 61.6 Å². The second kappa shape index (κ2) is 35.1. The van der Waals surface area contributed by atoms with Crippen molar-refractivity contribution in [3.63, 3.8) is 0 Å². The molecule has 2 saturated heterocycles. The van der Waals surface area contributed by atoms with Crippen molar-refractivity contribution in [3.8, 4) is 11.5 Å². The Bertz CT molecular complexity index is 2830. The SMILES string of the molecule is C=C(C)C1CCC(C)=CC1c1c(OC(=O)OCCO[C@@H]2CC[C@@H](C[C@@H](C)[C@@H]3CC(=O)[C@H](C)/C=C(\C)[C@@H](O)[C@@H](C)C(=O)[C@H](C)C[C@H](C)/C=C/C=C/C=C(\C)[C@@H](OC)C[C@@H]4CC[C@@H](C)[C@@](O)(O4)C(=O)C(=O)N4CCCC[C@H]4C(=O)O3)C[C@H]2C)ccc(CCCCC)c1O. The van der Waals surface area contributed by atoms with Crippen LogP contribution in [0.25, 0.3) is 0 Å². The van der Waals surface area contributed by atoms with Crippen LogP contribution in [0, 0.1) is 53.3 Å². The lowest BCUT2D eigenvalue weighted by molar-refractivity contribution is -0.265. The summed E-state index contributed by atoms with van der Waals surface area (Å²) in [5.74, 6) is -7.99. The molecule has 1 aromatic carbocycles. The van der Waals surface area contributed by atoms with Crippen LogP contribution in [0.1, 0.15) is 209 Å². The van der Waals surface area contributed by atoms with Gasteiger partial charge in [-0.05, 0) is 170 Å². The number of amides is 1. The zero-order valence-electron chi connectivity index (χ0n) is 57.2. The lowest BCUT2D eigenvalue weighted by Crippen LogP contribution is -2.61. The molecule has 91 heavy (non-hydrogen) atoms. The molecule has 2 unspecified atom stereocenters. The molecule has 506 valence electrons. The van der Waals surface area contributed by atoms with Crippen molar-refractivity contribution in [1.29, 1.82) is 0 Å². The van der Waals surface area contributed by atoms with Gasteiger partial charge in [-0.1, -0.05) is 135 Å². The highest BCUT2D eigenvalue weighted by molar-refractivity contribution is 6.39. The summed E-state index contributed by atoms with van der Waals surface area (Å²) in [5.41, 5.74) is 4.97. The number of Topliss-reactive ketones (excluding diaryl/α,β-unsaturated/α-hetero) is 3. The summed E-state index contributed by atoms with van der Waals surface area (Å²) in [7, 11) is 1.58. The fourth-order valence-corrected chi connectivity index (χ4v) is 14.6. The fraction of sp³-hybridized carbons (Fsp3) is 0.680. The quantitative estimate of drug-likeness (QED) is 0.0489. The number of methoxy groups -OCH3 is 1.